The van der Waals surface area contributed by atoms with Crippen molar-refractivity contribution in [2.75, 3.05) is 0 Å². The van der Waals surface area contributed by atoms with Gasteiger partial charge in [-0.25, -0.2) is 17.6 Å². The van der Waals surface area contributed by atoms with Gasteiger partial charge in [-0.15, -0.1) is 22.2 Å². The number of hydrogen-bond acceptors (Lipinski definition) is 0. The van der Waals surface area contributed by atoms with Crippen molar-refractivity contribution < 1.29 is 17.6 Å². The highest BCUT2D eigenvalue weighted by Crippen LogP contribution is 2.27. The summed E-state index contributed by atoms with van der Waals surface area (Å²) in [6, 6.07) is 0. The lowest BCUT2D eigenvalue weighted by Gasteiger charge is -2.14. The van der Waals surface area contributed by atoms with E-state index in [9.17, 15) is 17.6 Å². The van der Waals surface area contributed by atoms with Crippen LogP contribution in [-0.2, 0) is 0 Å². The molecule has 0 aliphatic carbocycles. The van der Waals surface area contributed by atoms with Crippen LogP contribution in [0.2, 0.25) is 11.6 Å². The van der Waals surface area contributed by atoms with E-state index in [1.807, 2.05) is 0 Å². The highest BCUT2D eigenvalue weighted by atomic mass is 35.7. The summed E-state index contributed by atoms with van der Waals surface area (Å²) in [4.78, 5) is 0. The monoisotopic (exact) mass is 296 g/mol. The molecule has 0 N–H and O–H groups in total. The Labute approximate surface area is 98.2 Å². The molecule has 0 aliphatic heterocycles. The Morgan fingerprint density at radius 3 is 1.47 bits per heavy atom. The van der Waals surface area contributed by atoms with Crippen LogP contribution in [-0.4, -0.2) is 6.69 Å². The molecule has 0 aromatic heterocycles. The molecule has 0 amide bonds. The first-order valence-corrected chi connectivity index (χ1v) is 8.47. The molecule has 0 aliphatic rings. The summed E-state index contributed by atoms with van der Waals surface area (Å²) >= 11 is 16.0. The number of hydrogen-bond donors (Lipinski definition) is 0. The molecule has 0 bridgehead atoms. The molecule has 0 saturated carbocycles. The number of halogens is 7. The molecule has 1 aromatic rings. The van der Waals surface area contributed by atoms with Crippen LogP contribution in [0, 0.1) is 23.3 Å². The van der Waals surface area contributed by atoms with Gasteiger partial charge in [-0.2, -0.15) is 0 Å². The first-order chi connectivity index (χ1) is 6.68. The SMILES string of the molecule is C[Si](Cl)(Cl)c1c(F)c(F)c(Cl)c(F)c1F. The van der Waals surface area contributed by atoms with Crippen LogP contribution in [0.1, 0.15) is 0 Å². The van der Waals surface area contributed by atoms with Crippen molar-refractivity contribution >= 4 is 45.6 Å². The van der Waals surface area contributed by atoms with Crippen molar-refractivity contribution in [3.63, 3.8) is 0 Å². The fraction of sp³-hybridized carbons (Fsp3) is 0.143. The van der Waals surface area contributed by atoms with E-state index in [1.54, 1.807) is 0 Å². The molecule has 0 radical (unpaired) electrons. The van der Waals surface area contributed by atoms with Gasteiger partial charge in [0.15, 0.2) is 23.3 Å². The second kappa shape index (κ2) is 4.12. The summed E-state index contributed by atoms with van der Waals surface area (Å²) in [5.41, 5.74) is 0. The van der Waals surface area contributed by atoms with E-state index >= 15 is 0 Å². The minimum atomic E-state index is -3.55. The lowest BCUT2D eigenvalue weighted by atomic mass is 10.3. The van der Waals surface area contributed by atoms with E-state index < -0.39 is 40.2 Å². The summed E-state index contributed by atoms with van der Waals surface area (Å²) < 4.78 is 52.3. The number of benzene rings is 1. The van der Waals surface area contributed by atoms with Gasteiger partial charge in [-0.05, 0) is 6.55 Å². The average Bonchev–Trinajstić information content (AvgIpc) is 2.09. The lowest BCUT2D eigenvalue weighted by Crippen LogP contribution is -2.40. The Morgan fingerprint density at radius 1 is 0.867 bits per heavy atom. The van der Waals surface area contributed by atoms with Gasteiger partial charge in [-0.1, -0.05) is 11.6 Å². The number of rotatable bonds is 1. The van der Waals surface area contributed by atoms with Gasteiger partial charge in [0.05, 0.1) is 0 Å². The van der Waals surface area contributed by atoms with Crippen LogP contribution >= 0.6 is 33.8 Å². The quantitative estimate of drug-likeness (QED) is 0.244. The summed E-state index contributed by atoms with van der Waals surface area (Å²) in [6.07, 6.45) is 0. The molecule has 1 aromatic carbocycles. The van der Waals surface area contributed by atoms with E-state index in [0.29, 0.717) is 0 Å². The summed E-state index contributed by atoms with van der Waals surface area (Å²) in [7, 11) is 0. The fourth-order valence-electron chi connectivity index (χ4n) is 0.990. The molecule has 8 heteroatoms. The first kappa shape index (κ1) is 13.1. The highest BCUT2D eigenvalue weighted by Gasteiger charge is 2.37. The van der Waals surface area contributed by atoms with Crippen molar-refractivity contribution in [1.82, 2.24) is 0 Å². The standard InChI is InChI=1S/C7H3Cl3F4Si/c1-15(9,10)7-5(13)3(11)2(8)4(12)6(7)14/h1H3. The molecule has 0 heterocycles. The maximum absolute atomic E-state index is 13.2. The molecule has 0 saturated heterocycles. The molecular weight excluding hydrogens is 295 g/mol. The molecule has 0 spiro atoms. The van der Waals surface area contributed by atoms with Gasteiger partial charge >= 0.3 is 0 Å². The van der Waals surface area contributed by atoms with E-state index in [1.165, 1.54) is 0 Å². The minimum absolute atomic E-state index is 0.967. The van der Waals surface area contributed by atoms with Gasteiger partial charge in [0, 0.05) is 5.19 Å². The zero-order valence-corrected chi connectivity index (χ0v) is 10.4. The average molecular weight is 298 g/mol. The Hall–Kier alpha value is 0.0269. The fourth-order valence-corrected chi connectivity index (χ4v) is 3.14. The Kier molecular flexibility index (Phi) is 3.60. The Balaban J connectivity index is 3.68. The van der Waals surface area contributed by atoms with E-state index in [-0.39, 0.29) is 0 Å². The normalized spacial score (nSPS) is 12.0. The van der Waals surface area contributed by atoms with Crippen LogP contribution in [0.15, 0.2) is 0 Å². The molecule has 0 unspecified atom stereocenters. The van der Waals surface area contributed by atoms with Crippen molar-refractivity contribution in [3.8, 4) is 0 Å². The first-order valence-electron chi connectivity index (χ1n) is 3.57. The third-order valence-electron chi connectivity index (χ3n) is 1.65. The van der Waals surface area contributed by atoms with Crippen LogP contribution in [0.3, 0.4) is 0 Å². The zero-order chi connectivity index (χ0) is 12.0. The maximum atomic E-state index is 13.2. The van der Waals surface area contributed by atoms with Crippen molar-refractivity contribution in [1.29, 1.82) is 0 Å². The van der Waals surface area contributed by atoms with Crippen LogP contribution < -0.4 is 5.19 Å². The second-order valence-electron chi connectivity index (χ2n) is 2.83. The van der Waals surface area contributed by atoms with Gasteiger partial charge in [0.25, 0.3) is 6.69 Å². The largest absolute Gasteiger partial charge is 0.283 e. The molecule has 0 nitrogen and oxygen atoms in total. The molecular formula is C7H3Cl3F4Si. The van der Waals surface area contributed by atoms with Crippen molar-refractivity contribution in [2.45, 2.75) is 6.55 Å². The molecule has 0 atom stereocenters. The van der Waals surface area contributed by atoms with Crippen molar-refractivity contribution in [2.24, 2.45) is 0 Å². The summed E-state index contributed by atoms with van der Waals surface area (Å²) in [6.45, 7) is -2.44. The van der Waals surface area contributed by atoms with Crippen molar-refractivity contribution in [3.05, 3.63) is 28.3 Å². The Bertz CT molecular complexity index is 387. The van der Waals surface area contributed by atoms with Crippen LogP contribution in [0.4, 0.5) is 17.6 Å². The zero-order valence-electron chi connectivity index (χ0n) is 7.15. The molecule has 15 heavy (non-hydrogen) atoms. The maximum Gasteiger partial charge on any atom is 0.283 e. The van der Waals surface area contributed by atoms with Gasteiger partial charge in [-0.3, -0.25) is 0 Å². The van der Waals surface area contributed by atoms with Gasteiger partial charge in [0.2, 0.25) is 0 Å². The van der Waals surface area contributed by atoms with Gasteiger partial charge in [0.1, 0.15) is 5.02 Å². The smallest absolute Gasteiger partial charge is 0.204 e. The summed E-state index contributed by atoms with van der Waals surface area (Å²) in [5.74, 6) is -6.66. The summed E-state index contributed by atoms with van der Waals surface area (Å²) in [5, 5.41) is -2.22. The van der Waals surface area contributed by atoms with Gasteiger partial charge < -0.3 is 0 Å². The predicted octanol–water partition coefficient (Wildman–Crippen LogP) is 3.65. The van der Waals surface area contributed by atoms with E-state index in [4.69, 9.17) is 33.8 Å². The van der Waals surface area contributed by atoms with Crippen LogP contribution in [0.25, 0.3) is 0 Å². The topological polar surface area (TPSA) is 0 Å². The van der Waals surface area contributed by atoms with E-state index in [0.717, 1.165) is 6.55 Å². The van der Waals surface area contributed by atoms with Crippen LogP contribution in [0.5, 0.6) is 0 Å². The third kappa shape index (κ3) is 2.25. The lowest BCUT2D eigenvalue weighted by molar-refractivity contribution is 0.463. The predicted molar refractivity (Wildman–Crippen MR) is 54.2 cm³/mol. The molecule has 84 valence electrons. The molecule has 1 rings (SSSR count). The second-order valence-corrected chi connectivity index (χ2v) is 10.6. The molecule has 0 fully saturated rings. The highest BCUT2D eigenvalue weighted by molar-refractivity contribution is 7.50. The van der Waals surface area contributed by atoms with E-state index in [2.05, 4.69) is 0 Å². The minimum Gasteiger partial charge on any atom is -0.204 e. The third-order valence-corrected chi connectivity index (χ3v) is 4.43. The Morgan fingerprint density at radius 2 is 1.20 bits per heavy atom.